The van der Waals surface area contributed by atoms with E-state index in [1.807, 2.05) is 13.8 Å². The summed E-state index contributed by atoms with van der Waals surface area (Å²) in [6.07, 6.45) is 4.73. The zero-order valence-electron chi connectivity index (χ0n) is 15.3. The van der Waals surface area contributed by atoms with E-state index >= 15 is 0 Å². The molecule has 1 atom stereocenters. The first kappa shape index (κ1) is 20.2. The molecule has 9 heteroatoms. The Bertz CT molecular complexity index is 1050. The van der Waals surface area contributed by atoms with Crippen molar-refractivity contribution in [2.24, 2.45) is 5.92 Å². The molecule has 2 aromatic heterocycles. The topological polar surface area (TPSA) is 98.0 Å². The molecule has 0 aliphatic heterocycles. The number of hydrogen-bond donors (Lipinski definition) is 1. The molecule has 28 heavy (non-hydrogen) atoms. The molecule has 0 fully saturated rings. The van der Waals surface area contributed by atoms with E-state index in [4.69, 9.17) is 16.1 Å². The first-order valence-electron chi connectivity index (χ1n) is 8.54. The largest absolute Gasteiger partial charge is 0.337 e. The van der Waals surface area contributed by atoms with Crippen LogP contribution in [0.3, 0.4) is 0 Å². The number of hydrogen-bond acceptors (Lipinski definition) is 6. The lowest BCUT2D eigenvalue weighted by molar-refractivity contribution is 0.312. The molecule has 1 N–H and O–H groups in total. The van der Waals surface area contributed by atoms with Gasteiger partial charge in [-0.2, -0.15) is 9.71 Å². The van der Waals surface area contributed by atoms with Gasteiger partial charge in [-0.25, -0.2) is 8.42 Å². The van der Waals surface area contributed by atoms with Crippen LogP contribution in [0.2, 0.25) is 5.02 Å². The zero-order valence-corrected chi connectivity index (χ0v) is 16.9. The van der Waals surface area contributed by atoms with Gasteiger partial charge in [-0.15, -0.1) is 0 Å². The highest BCUT2D eigenvalue weighted by molar-refractivity contribution is 7.92. The molecule has 0 aliphatic carbocycles. The predicted molar refractivity (Wildman–Crippen MR) is 108 cm³/mol. The number of pyridine rings is 1. The third-order valence-electron chi connectivity index (χ3n) is 3.91. The molecule has 1 aromatic carbocycles. The Kier molecular flexibility index (Phi) is 6.23. The number of nitrogens with zero attached hydrogens (tertiary/aromatic N) is 3. The SMILES string of the molecule is CC(C)C(NS(=O)(=O)/C=C/c1ccc(Cl)cc1)c1nc(-c2ccncc2)no1. The lowest BCUT2D eigenvalue weighted by atomic mass is 10.1. The van der Waals surface area contributed by atoms with E-state index in [9.17, 15) is 8.42 Å². The second-order valence-corrected chi connectivity index (χ2v) is 8.47. The molecule has 3 rings (SSSR count). The minimum absolute atomic E-state index is 0.107. The van der Waals surface area contributed by atoms with E-state index in [0.717, 1.165) is 11.0 Å². The van der Waals surface area contributed by atoms with E-state index in [1.165, 1.54) is 6.08 Å². The van der Waals surface area contributed by atoms with Crippen LogP contribution >= 0.6 is 11.6 Å². The number of sulfonamides is 1. The van der Waals surface area contributed by atoms with E-state index in [2.05, 4.69) is 19.8 Å². The van der Waals surface area contributed by atoms with Crippen molar-refractivity contribution in [3.05, 3.63) is 70.7 Å². The van der Waals surface area contributed by atoms with Crippen molar-refractivity contribution in [3.63, 3.8) is 0 Å². The molecule has 0 bridgehead atoms. The van der Waals surface area contributed by atoms with Crippen LogP contribution < -0.4 is 4.72 Å². The van der Waals surface area contributed by atoms with Crippen molar-refractivity contribution < 1.29 is 12.9 Å². The minimum Gasteiger partial charge on any atom is -0.337 e. The third kappa shape index (κ3) is 5.25. The normalized spacial score (nSPS) is 13.3. The summed E-state index contributed by atoms with van der Waals surface area (Å²) in [5, 5.41) is 5.63. The highest BCUT2D eigenvalue weighted by Crippen LogP contribution is 2.24. The maximum atomic E-state index is 12.5. The third-order valence-corrected chi connectivity index (χ3v) is 5.24. The van der Waals surface area contributed by atoms with Crippen LogP contribution in [-0.2, 0) is 10.0 Å². The van der Waals surface area contributed by atoms with E-state index < -0.39 is 16.1 Å². The summed E-state index contributed by atoms with van der Waals surface area (Å²) in [5.74, 6) is 0.466. The van der Waals surface area contributed by atoms with Gasteiger partial charge in [0, 0.05) is 28.4 Å². The lowest BCUT2D eigenvalue weighted by Crippen LogP contribution is -2.30. The predicted octanol–water partition coefficient (Wildman–Crippen LogP) is 4.07. The molecule has 0 aliphatic rings. The standard InChI is InChI=1S/C19H19ClN4O3S/c1-13(2)17(19-22-18(23-27-19)15-7-10-21-11-8-15)24-28(25,26)12-9-14-3-5-16(20)6-4-14/h3-13,17,24H,1-2H3/b12-9+. The van der Waals surface area contributed by atoms with Crippen molar-refractivity contribution in [2.45, 2.75) is 19.9 Å². The van der Waals surface area contributed by atoms with Crippen LogP contribution in [-0.4, -0.2) is 23.5 Å². The molecule has 0 amide bonds. The summed E-state index contributed by atoms with van der Waals surface area (Å²) in [4.78, 5) is 8.29. The number of benzene rings is 1. The number of nitrogens with one attached hydrogen (secondary N) is 1. The first-order valence-corrected chi connectivity index (χ1v) is 10.5. The van der Waals surface area contributed by atoms with Crippen molar-refractivity contribution in [2.75, 3.05) is 0 Å². The van der Waals surface area contributed by atoms with Crippen LogP contribution in [0.15, 0.2) is 58.7 Å². The van der Waals surface area contributed by atoms with Crippen LogP contribution in [0.5, 0.6) is 0 Å². The van der Waals surface area contributed by atoms with Crippen molar-refractivity contribution >= 4 is 27.7 Å². The average molecular weight is 419 g/mol. The van der Waals surface area contributed by atoms with E-state index in [-0.39, 0.29) is 11.8 Å². The molecule has 3 aromatic rings. The summed E-state index contributed by atoms with van der Waals surface area (Å²) >= 11 is 5.84. The highest BCUT2D eigenvalue weighted by Gasteiger charge is 2.26. The van der Waals surface area contributed by atoms with Crippen molar-refractivity contribution in [1.29, 1.82) is 0 Å². The second kappa shape index (κ2) is 8.64. The maximum Gasteiger partial charge on any atom is 0.245 e. The second-order valence-electron chi connectivity index (χ2n) is 6.43. The molecule has 0 saturated carbocycles. The molecule has 2 heterocycles. The zero-order chi connectivity index (χ0) is 20.1. The summed E-state index contributed by atoms with van der Waals surface area (Å²) in [7, 11) is -3.74. The van der Waals surface area contributed by atoms with E-state index in [1.54, 1.807) is 48.8 Å². The first-order chi connectivity index (χ1) is 13.3. The summed E-state index contributed by atoms with van der Waals surface area (Å²) in [6.45, 7) is 3.73. The van der Waals surface area contributed by atoms with Gasteiger partial charge < -0.3 is 4.52 Å². The Labute approximate surface area is 168 Å². The Hall–Kier alpha value is -2.55. The quantitative estimate of drug-likeness (QED) is 0.621. The average Bonchev–Trinajstić information content (AvgIpc) is 3.16. The maximum absolute atomic E-state index is 12.5. The Morgan fingerprint density at radius 2 is 1.79 bits per heavy atom. The highest BCUT2D eigenvalue weighted by atomic mass is 35.5. The van der Waals surface area contributed by atoms with Crippen LogP contribution in [0.1, 0.15) is 31.3 Å². The van der Waals surface area contributed by atoms with Crippen LogP contribution in [0.4, 0.5) is 0 Å². The molecule has 7 nitrogen and oxygen atoms in total. The Balaban J connectivity index is 1.79. The van der Waals surface area contributed by atoms with Crippen molar-refractivity contribution in [3.8, 4) is 11.4 Å². The molecular formula is C19H19ClN4O3S. The van der Waals surface area contributed by atoms with Gasteiger partial charge in [0.15, 0.2) is 0 Å². The van der Waals surface area contributed by atoms with Gasteiger partial charge in [0.05, 0.1) is 0 Å². The molecule has 146 valence electrons. The van der Waals surface area contributed by atoms with Gasteiger partial charge in [0.2, 0.25) is 21.7 Å². The minimum atomic E-state index is -3.74. The smallest absolute Gasteiger partial charge is 0.245 e. The van der Waals surface area contributed by atoms with E-state index in [0.29, 0.717) is 16.4 Å². The monoisotopic (exact) mass is 418 g/mol. The fraction of sp³-hybridized carbons (Fsp3) is 0.211. The fourth-order valence-electron chi connectivity index (χ4n) is 2.41. The van der Waals surface area contributed by atoms with Crippen molar-refractivity contribution in [1.82, 2.24) is 19.8 Å². The number of aromatic nitrogens is 3. The lowest BCUT2D eigenvalue weighted by Gasteiger charge is -2.17. The van der Waals surface area contributed by atoms with Gasteiger partial charge >= 0.3 is 0 Å². The molecule has 0 saturated heterocycles. The summed E-state index contributed by atoms with van der Waals surface area (Å²) in [5.41, 5.74) is 1.45. The summed E-state index contributed by atoms with van der Waals surface area (Å²) in [6, 6.07) is 9.67. The number of halogens is 1. The fourth-order valence-corrected chi connectivity index (χ4v) is 3.68. The van der Waals surface area contributed by atoms with Crippen LogP contribution in [0.25, 0.3) is 17.5 Å². The summed E-state index contributed by atoms with van der Waals surface area (Å²) < 4.78 is 33.0. The van der Waals surface area contributed by atoms with Gasteiger partial charge in [0.1, 0.15) is 6.04 Å². The number of rotatable bonds is 7. The molecule has 1 unspecified atom stereocenters. The van der Waals surface area contributed by atoms with Gasteiger partial charge in [-0.1, -0.05) is 42.7 Å². The van der Waals surface area contributed by atoms with Crippen LogP contribution in [0, 0.1) is 5.92 Å². The van der Waals surface area contributed by atoms with Gasteiger partial charge in [0.25, 0.3) is 0 Å². The van der Waals surface area contributed by atoms with Gasteiger partial charge in [-0.3, -0.25) is 4.98 Å². The molecule has 0 spiro atoms. The molecule has 0 radical (unpaired) electrons. The Morgan fingerprint density at radius 3 is 2.43 bits per heavy atom. The van der Waals surface area contributed by atoms with Gasteiger partial charge in [-0.05, 0) is 41.8 Å². The Morgan fingerprint density at radius 1 is 1.11 bits per heavy atom. The molecular weight excluding hydrogens is 400 g/mol.